The number of carbonyl (C=O) groups is 3. The van der Waals surface area contributed by atoms with Gasteiger partial charge in [-0.05, 0) is 24.1 Å². The summed E-state index contributed by atoms with van der Waals surface area (Å²) in [4.78, 5) is 37.5. The molecule has 2 aromatic rings. The third-order valence-corrected chi connectivity index (χ3v) is 5.64. The van der Waals surface area contributed by atoms with Gasteiger partial charge >= 0.3 is 11.9 Å². The van der Waals surface area contributed by atoms with Crippen LogP contribution >= 0.6 is 0 Å². The first kappa shape index (κ1) is 22.5. The number of carbonyl (C=O) groups excluding carboxylic acids is 3. The van der Waals surface area contributed by atoms with Gasteiger partial charge in [-0.25, -0.2) is 9.59 Å². The SMILES string of the molecule is COC(=O)c1cccc(C)c1NC(=O)C[N+]1(CC(=O)OCc2ccccc2)CCCC1. The highest BCUT2D eigenvalue weighted by Gasteiger charge is 2.37. The molecular formula is C24H29N2O5+. The molecule has 7 nitrogen and oxygen atoms in total. The number of amides is 1. The van der Waals surface area contributed by atoms with Crippen LogP contribution in [0.1, 0.15) is 34.3 Å². The molecule has 0 spiro atoms. The molecule has 0 atom stereocenters. The van der Waals surface area contributed by atoms with Crippen LogP contribution in [0.3, 0.4) is 0 Å². The molecule has 2 aromatic carbocycles. The molecule has 164 valence electrons. The first-order valence-electron chi connectivity index (χ1n) is 10.4. The van der Waals surface area contributed by atoms with Crippen LogP contribution in [0.4, 0.5) is 5.69 Å². The maximum atomic E-state index is 12.9. The monoisotopic (exact) mass is 425 g/mol. The molecule has 0 unspecified atom stereocenters. The lowest BCUT2D eigenvalue weighted by Gasteiger charge is -2.32. The summed E-state index contributed by atoms with van der Waals surface area (Å²) in [7, 11) is 1.31. The van der Waals surface area contributed by atoms with Gasteiger partial charge in [0, 0.05) is 12.8 Å². The number of para-hydroxylation sites is 1. The van der Waals surface area contributed by atoms with E-state index in [1.165, 1.54) is 7.11 Å². The quantitative estimate of drug-likeness (QED) is 0.519. The molecule has 1 heterocycles. The van der Waals surface area contributed by atoms with Crippen molar-refractivity contribution in [1.82, 2.24) is 0 Å². The van der Waals surface area contributed by atoms with E-state index in [2.05, 4.69) is 5.32 Å². The number of nitrogens with one attached hydrogen (secondary N) is 1. The van der Waals surface area contributed by atoms with Crippen LogP contribution < -0.4 is 5.32 Å². The molecule has 1 N–H and O–H groups in total. The van der Waals surface area contributed by atoms with E-state index in [4.69, 9.17) is 9.47 Å². The third kappa shape index (κ3) is 5.92. The van der Waals surface area contributed by atoms with Crippen LogP contribution in [0.5, 0.6) is 0 Å². The predicted octanol–water partition coefficient (Wildman–Crippen LogP) is 3.07. The number of aryl methyl sites for hydroxylation is 1. The first-order valence-corrected chi connectivity index (χ1v) is 10.4. The minimum absolute atomic E-state index is 0.148. The largest absolute Gasteiger partial charge is 0.465 e. The van der Waals surface area contributed by atoms with E-state index in [0.29, 0.717) is 15.7 Å². The fourth-order valence-corrected chi connectivity index (χ4v) is 4.03. The van der Waals surface area contributed by atoms with E-state index in [1.807, 2.05) is 43.3 Å². The molecule has 1 fully saturated rings. The summed E-state index contributed by atoms with van der Waals surface area (Å²) in [6, 6.07) is 14.7. The Hall–Kier alpha value is -3.19. The highest BCUT2D eigenvalue weighted by Crippen LogP contribution is 2.24. The topological polar surface area (TPSA) is 81.7 Å². The Bertz CT molecular complexity index is 936. The standard InChI is InChI=1S/C24H28N2O5/c1-18-9-8-12-20(24(29)30-2)23(18)25-21(27)15-26(13-6-7-14-26)16-22(28)31-17-19-10-4-3-5-11-19/h3-5,8-12H,6-7,13-17H2,1-2H3/p+1. The fourth-order valence-electron chi connectivity index (χ4n) is 4.03. The number of rotatable bonds is 8. The van der Waals surface area contributed by atoms with Crippen molar-refractivity contribution in [2.24, 2.45) is 0 Å². The van der Waals surface area contributed by atoms with Crippen LogP contribution in [-0.4, -0.2) is 55.6 Å². The minimum Gasteiger partial charge on any atom is -0.465 e. The summed E-state index contributed by atoms with van der Waals surface area (Å²) in [6.45, 7) is 3.82. The predicted molar refractivity (Wildman–Crippen MR) is 116 cm³/mol. The maximum absolute atomic E-state index is 12.9. The fraction of sp³-hybridized carbons (Fsp3) is 0.375. The lowest BCUT2D eigenvalue weighted by Crippen LogP contribution is -2.53. The Labute approximate surface area is 182 Å². The molecule has 31 heavy (non-hydrogen) atoms. The van der Waals surface area contributed by atoms with Crippen LogP contribution in [0, 0.1) is 6.92 Å². The van der Waals surface area contributed by atoms with E-state index < -0.39 is 5.97 Å². The van der Waals surface area contributed by atoms with Crippen molar-refractivity contribution in [3.8, 4) is 0 Å². The van der Waals surface area contributed by atoms with Crippen molar-refractivity contribution in [3.05, 3.63) is 65.2 Å². The van der Waals surface area contributed by atoms with Crippen LogP contribution in [-0.2, 0) is 25.7 Å². The molecule has 0 aromatic heterocycles. The molecule has 0 aliphatic carbocycles. The smallest absolute Gasteiger partial charge is 0.362 e. The Morgan fingerprint density at radius 1 is 0.968 bits per heavy atom. The Kier molecular flexibility index (Phi) is 7.41. The number of esters is 2. The summed E-state index contributed by atoms with van der Waals surface area (Å²) in [5.74, 6) is -1.06. The molecule has 0 bridgehead atoms. The second kappa shape index (κ2) is 10.2. The van der Waals surface area contributed by atoms with E-state index in [1.54, 1.807) is 12.1 Å². The van der Waals surface area contributed by atoms with Crippen LogP contribution in [0.15, 0.2) is 48.5 Å². The third-order valence-electron chi connectivity index (χ3n) is 5.64. The Morgan fingerprint density at radius 2 is 1.68 bits per heavy atom. The summed E-state index contributed by atoms with van der Waals surface area (Å²) >= 11 is 0. The van der Waals surface area contributed by atoms with Crippen molar-refractivity contribution in [2.45, 2.75) is 26.4 Å². The minimum atomic E-state index is -0.506. The van der Waals surface area contributed by atoms with Gasteiger partial charge in [0.2, 0.25) is 0 Å². The number of methoxy groups -OCH3 is 1. The molecule has 0 saturated carbocycles. The van der Waals surface area contributed by atoms with Gasteiger partial charge in [-0.1, -0.05) is 42.5 Å². The van der Waals surface area contributed by atoms with Gasteiger partial charge in [-0.2, -0.15) is 0 Å². The lowest BCUT2D eigenvalue weighted by molar-refractivity contribution is -0.902. The van der Waals surface area contributed by atoms with Crippen LogP contribution in [0.25, 0.3) is 0 Å². The van der Waals surface area contributed by atoms with Crippen molar-refractivity contribution < 1.29 is 28.3 Å². The summed E-state index contributed by atoms with van der Waals surface area (Å²) in [6.07, 6.45) is 1.91. The molecule has 1 aliphatic heterocycles. The van der Waals surface area contributed by atoms with E-state index in [9.17, 15) is 14.4 Å². The summed E-state index contributed by atoms with van der Waals surface area (Å²) in [5, 5.41) is 2.87. The molecule has 3 rings (SSSR count). The Balaban J connectivity index is 1.65. The normalized spacial score (nSPS) is 14.6. The van der Waals surface area contributed by atoms with Crippen molar-refractivity contribution in [2.75, 3.05) is 38.6 Å². The molecule has 1 aliphatic rings. The number of anilines is 1. The number of benzene rings is 2. The average Bonchev–Trinajstić information content (AvgIpc) is 3.21. The van der Waals surface area contributed by atoms with Gasteiger partial charge in [0.25, 0.3) is 5.91 Å². The zero-order valence-corrected chi connectivity index (χ0v) is 18.1. The maximum Gasteiger partial charge on any atom is 0.362 e. The zero-order valence-electron chi connectivity index (χ0n) is 18.1. The number of ether oxygens (including phenoxy) is 2. The van der Waals surface area contributed by atoms with Gasteiger partial charge in [-0.15, -0.1) is 0 Å². The zero-order chi connectivity index (χ0) is 22.3. The number of hydrogen-bond donors (Lipinski definition) is 1. The highest BCUT2D eigenvalue weighted by atomic mass is 16.5. The van der Waals surface area contributed by atoms with Gasteiger partial charge in [0.1, 0.15) is 6.61 Å². The molecule has 7 heteroatoms. The van der Waals surface area contributed by atoms with E-state index >= 15 is 0 Å². The lowest BCUT2D eigenvalue weighted by atomic mass is 10.1. The molecule has 0 radical (unpaired) electrons. The second-order valence-corrected chi connectivity index (χ2v) is 8.00. The van der Waals surface area contributed by atoms with Gasteiger partial charge < -0.3 is 19.3 Å². The second-order valence-electron chi connectivity index (χ2n) is 8.00. The molecule has 1 amide bonds. The first-order chi connectivity index (χ1) is 14.9. The van der Waals surface area contributed by atoms with Crippen molar-refractivity contribution in [1.29, 1.82) is 0 Å². The highest BCUT2D eigenvalue weighted by molar-refractivity contribution is 6.02. The Morgan fingerprint density at radius 3 is 2.35 bits per heavy atom. The summed E-state index contributed by atoms with van der Waals surface area (Å²) < 4.78 is 10.6. The molecule has 1 saturated heterocycles. The molecular weight excluding hydrogens is 396 g/mol. The number of hydrogen-bond acceptors (Lipinski definition) is 5. The van der Waals surface area contributed by atoms with Crippen LogP contribution in [0.2, 0.25) is 0 Å². The summed E-state index contributed by atoms with van der Waals surface area (Å²) in [5.41, 5.74) is 2.46. The van der Waals surface area contributed by atoms with E-state index in [-0.39, 0.29) is 31.6 Å². The van der Waals surface area contributed by atoms with Gasteiger partial charge in [0.05, 0.1) is 31.5 Å². The average molecular weight is 426 g/mol. The van der Waals surface area contributed by atoms with Gasteiger partial charge in [0.15, 0.2) is 13.1 Å². The number of likely N-dealkylation sites (tertiary alicyclic amines) is 1. The number of quaternary nitrogens is 1. The van der Waals surface area contributed by atoms with Gasteiger partial charge in [-0.3, -0.25) is 4.79 Å². The van der Waals surface area contributed by atoms with Crippen molar-refractivity contribution in [3.63, 3.8) is 0 Å². The van der Waals surface area contributed by atoms with E-state index in [0.717, 1.165) is 37.1 Å². The number of nitrogens with zero attached hydrogens (tertiary/aromatic N) is 1. The van der Waals surface area contributed by atoms with Crippen molar-refractivity contribution >= 4 is 23.5 Å².